The van der Waals surface area contributed by atoms with Crippen LogP contribution in [0.25, 0.3) is 0 Å². The monoisotopic (exact) mass is 289 g/mol. The molecule has 1 aromatic carbocycles. The van der Waals surface area contributed by atoms with Crippen molar-refractivity contribution in [1.29, 1.82) is 0 Å². The zero-order chi connectivity index (χ0) is 13.8. The van der Waals surface area contributed by atoms with E-state index in [1.807, 2.05) is 13.8 Å². The zero-order valence-corrected chi connectivity index (χ0v) is 11.9. The molecule has 4 nitrogen and oxygen atoms in total. The van der Waals surface area contributed by atoms with E-state index in [9.17, 15) is 13.2 Å². The Kier molecular flexibility index (Phi) is 5.16. The first-order valence-electron chi connectivity index (χ1n) is 5.68. The second kappa shape index (κ2) is 6.20. The maximum atomic E-state index is 11.4. The molecule has 0 saturated carbocycles. The summed E-state index contributed by atoms with van der Waals surface area (Å²) in [4.78, 5) is 11.5. The molecule has 0 aliphatic rings. The summed E-state index contributed by atoms with van der Waals surface area (Å²) in [5, 5.41) is 2.83. The van der Waals surface area contributed by atoms with Crippen LogP contribution in [0.15, 0.2) is 29.2 Å². The van der Waals surface area contributed by atoms with Crippen LogP contribution in [0.1, 0.15) is 38.3 Å². The summed E-state index contributed by atoms with van der Waals surface area (Å²) in [5.41, 5.74) is 0.837. The van der Waals surface area contributed by atoms with E-state index in [1.54, 1.807) is 12.1 Å². The van der Waals surface area contributed by atoms with Gasteiger partial charge in [0, 0.05) is 17.1 Å². The molecule has 1 aromatic rings. The molecule has 1 rings (SSSR count). The first-order chi connectivity index (χ1) is 8.34. The Labute approximate surface area is 112 Å². The number of nitrogens with one attached hydrogen (secondary N) is 1. The molecule has 0 radical (unpaired) electrons. The van der Waals surface area contributed by atoms with Crippen LogP contribution in [0.2, 0.25) is 0 Å². The first kappa shape index (κ1) is 15.0. The van der Waals surface area contributed by atoms with E-state index in [0.29, 0.717) is 6.42 Å². The minimum Gasteiger partial charge on any atom is -0.350 e. The summed E-state index contributed by atoms with van der Waals surface area (Å²) in [7, 11) is 1.53. The summed E-state index contributed by atoms with van der Waals surface area (Å²) in [6.07, 6.45) is 1.28. The van der Waals surface area contributed by atoms with Crippen LogP contribution >= 0.6 is 10.7 Å². The lowest BCUT2D eigenvalue weighted by molar-refractivity contribution is -0.121. The van der Waals surface area contributed by atoms with Crippen LogP contribution in [-0.4, -0.2) is 14.3 Å². The second-order valence-electron chi connectivity index (χ2n) is 4.05. The van der Waals surface area contributed by atoms with Gasteiger partial charge in [0.1, 0.15) is 0 Å². The summed E-state index contributed by atoms with van der Waals surface area (Å²) in [6.45, 7) is 3.78. The highest BCUT2D eigenvalue weighted by Crippen LogP contribution is 2.19. The summed E-state index contributed by atoms with van der Waals surface area (Å²) in [6, 6.07) is 6.00. The minimum absolute atomic E-state index is 0.0148. The number of carbonyl (C=O) groups excluding carboxylic acids is 1. The van der Waals surface area contributed by atoms with Gasteiger partial charge in [0.2, 0.25) is 5.91 Å². The van der Waals surface area contributed by atoms with Gasteiger partial charge in [-0.25, -0.2) is 8.42 Å². The van der Waals surface area contributed by atoms with Gasteiger partial charge in [0.25, 0.3) is 9.05 Å². The van der Waals surface area contributed by atoms with Crippen molar-refractivity contribution in [2.75, 3.05) is 0 Å². The Bertz CT molecular complexity index is 511. The lowest BCUT2D eigenvalue weighted by Crippen LogP contribution is -2.26. The Balaban J connectivity index is 2.76. The molecule has 0 aromatic heterocycles. The van der Waals surface area contributed by atoms with E-state index >= 15 is 0 Å². The number of amides is 1. The van der Waals surface area contributed by atoms with Gasteiger partial charge in [0.15, 0.2) is 0 Å². The van der Waals surface area contributed by atoms with Gasteiger partial charge < -0.3 is 5.32 Å². The second-order valence-corrected chi connectivity index (χ2v) is 6.61. The van der Waals surface area contributed by atoms with Crippen molar-refractivity contribution in [3.05, 3.63) is 29.8 Å². The molecule has 1 unspecified atom stereocenters. The van der Waals surface area contributed by atoms with Gasteiger partial charge in [-0.1, -0.05) is 19.1 Å². The Morgan fingerprint density at radius 3 is 2.33 bits per heavy atom. The fourth-order valence-corrected chi connectivity index (χ4v) is 2.31. The Hall–Kier alpha value is -1.07. The lowest BCUT2D eigenvalue weighted by Gasteiger charge is -2.14. The van der Waals surface area contributed by atoms with Gasteiger partial charge in [-0.3, -0.25) is 4.79 Å². The van der Waals surface area contributed by atoms with Crippen LogP contribution in [0.3, 0.4) is 0 Å². The highest BCUT2D eigenvalue weighted by atomic mass is 35.7. The van der Waals surface area contributed by atoms with E-state index in [1.165, 1.54) is 12.1 Å². The quantitative estimate of drug-likeness (QED) is 0.848. The number of benzene rings is 1. The standard InChI is InChI=1S/C12H16ClNO3S/c1-3-4-12(15)14-9(2)10-5-7-11(8-6-10)18(13,16)17/h5-9H,3-4H2,1-2H3,(H,14,15). The summed E-state index contributed by atoms with van der Waals surface area (Å²) >= 11 is 0. The number of carbonyl (C=O) groups is 1. The average Bonchev–Trinajstić information content (AvgIpc) is 2.28. The van der Waals surface area contributed by atoms with Crippen molar-refractivity contribution in [3.8, 4) is 0 Å². The number of hydrogen-bond acceptors (Lipinski definition) is 3. The average molecular weight is 290 g/mol. The third-order valence-electron chi connectivity index (χ3n) is 2.52. The first-order valence-corrected chi connectivity index (χ1v) is 7.99. The predicted molar refractivity (Wildman–Crippen MR) is 70.9 cm³/mol. The molecule has 0 spiro atoms. The van der Waals surface area contributed by atoms with Crippen LogP contribution in [-0.2, 0) is 13.8 Å². The molecule has 0 saturated heterocycles. The van der Waals surface area contributed by atoms with Gasteiger partial charge in [-0.15, -0.1) is 0 Å². The fraction of sp³-hybridized carbons (Fsp3) is 0.417. The van der Waals surface area contributed by atoms with Crippen molar-refractivity contribution in [2.24, 2.45) is 0 Å². The van der Waals surface area contributed by atoms with Crippen molar-refractivity contribution >= 4 is 25.6 Å². The Morgan fingerprint density at radius 1 is 1.33 bits per heavy atom. The maximum absolute atomic E-state index is 11.4. The molecule has 0 aliphatic heterocycles. The number of halogens is 1. The largest absolute Gasteiger partial charge is 0.350 e. The third-order valence-corrected chi connectivity index (χ3v) is 3.89. The van der Waals surface area contributed by atoms with E-state index < -0.39 is 9.05 Å². The normalized spacial score (nSPS) is 13.1. The van der Waals surface area contributed by atoms with Crippen LogP contribution < -0.4 is 5.32 Å². The van der Waals surface area contributed by atoms with Gasteiger partial charge in [-0.05, 0) is 31.0 Å². The van der Waals surface area contributed by atoms with Crippen LogP contribution in [0.5, 0.6) is 0 Å². The number of rotatable bonds is 5. The summed E-state index contributed by atoms with van der Waals surface area (Å²) in [5.74, 6) is -0.0148. The Morgan fingerprint density at radius 2 is 1.89 bits per heavy atom. The number of hydrogen-bond donors (Lipinski definition) is 1. The van der Waals surface area contributed by atoms with Gasteiger partial charge in [-0.2, -0.15) is 0 Å². The maximum Gasteiger partial charge on any atom is 0.261 e. The molecule has 100 valence electrons. The molecule has 1 amide bonds. The van der Waals surface area contributed by atoms with E-state index in [4.69, 9.17) is 10.7 Å². The van der Waals surface area contributed by atoms with E-state index in [2.05, 4.69) is 5.32 Å². The minimum atomic E-state index is -3.69. The predicted octanol–water partition coefficient (Wildman–Crippen LogP) is 2.59. The third kappa shape index (κ3) is 4.31. The smallest absolute Gasteiger partial charge is 0.261 e. The highest BCUT2D eigenvalue weighted by Gasteiger charge is 2.12. The molecule has 0 bridgehead atoms. The topological polar surface area (TPSA) is 63.2 Å². The zero-order valence-electron chi connectivity index (χ0n) is 10.3. The molecular formula is C12H16ClNO3S. The van der Waals surface area contributed by atoms with Crippen molar-refractivity contribution in [1.82, 2.24) is 5.32 Å². The summed E-state index contributed by atoms with van der Waals surface area (Å²) < 4.78 is 22.1. The SMILES string of the molecule is CCCC(=O)NC(C)c1ccc(S(=O)(=O)Cl)cc1. The van der Waals surface area contributed by atoms with E-state index in [0.717, 1.165) is 12.0 Å². The molecule has 1 atom stereocenters. The van der Waals surface area contributed by atoms with Crippen molar-refractivity contribution < 1.29 is 13.2 Å². The molecule has 0 heterocycles. The molecule has 18 heavy (non-hydrogen) atoms. The molecule has 0 fully saturated rings. The molecule has 1 N–H and O–H groups in total. The molecule has 0 aliphatic carbocycles. The molecular weight excluding hydrogens is 274 g/mol. The van der Waals surface area contributed by atoms with Gasteiger partial charge >= 0.3 is 0 Å². The van der Waals surface area contributed by atoms with Crippen molar-refractivity contribution in [3.63, 3.8) is 0 Å². The van der Waals surface area contributed by atoms with E-state index in [-0.39, 0.29) is 16.8 Å². The lowest BCUT2D eigenvalue weighted by atomic mass is 10.1. The fourth-order valence-electron chi connectivity index (χ4n) is 1.54. The molecule has 6 heteroatoms. The van der Waals surface area contributed by atoms with Crippen LogP contribution in [0, 0.1) is 0 Å². The van der Waals surface area contributed by atoms with Crippen molar-refractivity contribution in [2.45, 2.75) is 37.6 Å². The highest BCUT2D eigenvalue weighted by molar-refractivity contribution is 8.13. The van der Waals surface area contributed by atoms with Crippen LogP contribution in [0.4, 0.5) is 0 Å². The van der Waals surface area contributed by atoms with Gasteiger partial charge in [0.05, 0.1) is 10.9 Å².